The van der Waals surface area contributed by atoms with Crippen LogP contribution in [0.1, 0.15) is 25.3 Å². The van der Waals surface area contributed by atoms with Gasteiger partial charge in [-0.05, 0) is 53.4 Å². The van der Waals surface area contributed by atoms with E-state index in [1.54, 1.807) is 25.1 Å². The van der Waals surface area contributed by atoms with Crippen LogP contribution in [0.5, 0.6) is 0 Å². The second-order valence-electron chi connectivity index (χ2n) is 4.71. The summed E-state index contributed by atoms with van der Waals surface area (Å²) in [6.07, 6.45) is 0.920. The minimum absolute atomic E-state index is 0.189. The van der Waals surface area contributed by atoms with Gasteiger partial charge >= 0.3 is 5.97 Å². The molecular weight excluding hydrogens is 346 g/mol. The Labute approximate surface area is 127 Å². The molecule has 1 atom stereocenters. The molecule has 1 rings (SSSR count). The molecule has 1 aromatic carbocycles. The number of carboxylic acid groups (broad SMARTS) is 1. The second kappa shape index (κ2) is 7.19. The second-order valence-corrected chi connectivity index (χ2v) is 7.30. The molecule has 0 amide bonds. The van der Waals surface area contributed by atoms with Crippen LogP contribution in [0.3, 0.4) is 0 Å². The average molecular weight is 364 g/mol. The van der Waals surface area contributed by atoms with E-state index in [0.717, 1.165) is 5.56 Å². The molecule has 0 radical (unpaired) electrons. The van der Waals surface area contributed by atoms with Crippen molar-refractivity contribution < 1.29 is 18.3 Å². The Morgan fingerprint density at radius 1 is 1.45 bits per heavy atom. The minimum Gasteiger partial charge on any atom is -0.481 e. The van der Waals surface area contributed by atoms with E-state index in [-0.39, 0.29) is 11.4 Å². The van der Waals surface area contributed by atoms with Crippen molar-refractivity contribution in [3.05, 3.63) is 28.2 Å². The zero-order chi connectivity index (χ0) is 15.3. The van der Waals surface area contributed by atoms with Crippen molar-refractivity contribution in [1.29, 1.82) is 0 Å². The van der Waals surface area contributed by atoms with Crippen LogP contribution in [0.2, 0.25) is 0 Å². The molecule has 0 saturated carbocycles. The van der Waals surface area contributed by atoms with E-state index in [4.69, 9.17) is 5.11 Å². The van der Waals surface area contributed by atoms with Crippen molar-refractivity contribution in [3.8, 4) is 0 Å². The first kappa shape index (κ1) is 17.1. The molecule has 7 heteroatoms. The molecule has 0 saturated heterocycles. The van der Waals surface area contributed by atoms with Gasteiger partial charge in [0.05, 0.1) is 10.8 Å². The fraction of sp³-hybridized carbons (Fsp3) is 0.462. The van der Waals surface area contributed by atoms with Crippen molar-refractivity contribution >= 4 is 31.9 Å². The predicted molar refractivity (Wildman–Crippen MR) is 80.1 cm³/mol. The molecule has 0 heterocycles. The van der Waals surface area contributed by atoms with Crippen LogP contribution in [0.4, 0.5) is 0 Å². The molecule has 0 fully saturated rings. The number of nitrogens with one attached hydrogen (secondary N) is 1. The highest BCUT2D eigenvalue weighted by atomic mass is 79.9. The Morgan fingerprint density at radius 3 is 2.65 bits per heavy atom. The van der Waals surface area contributed by atoms with Crippen LogP contribution in [-0.4, -0.2) is 26.0 Å². The molecule has 0 aromatic heterocycles. The Morgan fingerprint density at radius 2 is 2.10 bits per heavy atom. The molecule has 112 valence electrons. The fourth-order valence-electron chi connectivity index (χ4n) is 1.64. The number of carboxylic acids is 1. The highest BCUT2D eigenvalue weighted by Gasteiger charge is 2.17. The summed E-state index contributed by atoms with van der Waals surface area (Å²) in [6.45, 7) is 3.70. The molecule has 0 aliphatic rings. The van der Waals surface area contributed by atoms with E-state index in [2.05, 4.69) is 20.7 Å². The Balaban J connectivity index is 2.60. The van der Waals surface area contributed by atoms with E-state index in [0.29, 0.717) is 17.3 Å². The normalized spacial score (nSPS) is 13.2. The number of halogens is 1. The number of carbonyl (C=O) groups is 1. The number of aryl methyl sites for hydroxylation is 1. The van der Waals surface area contributed by atoms with Crippen molar-refractivity contribution in [2.75, 3.05) is 6.54 Å². The smallest absolute Gasteiger partial charge is 0.306 e. The monoisotopic (exact) mass is 363 g/mol. The molecule has 20 heavy (non-hydrogen) atoms. The molecular formula is C13H18BrNO4S. The Hall–Kier alpha value is -0.920. The van der Waals surface area contributed by atoms with Gasteiger partial charge in [-0.25, -0.2) is 13.1 Å². The molecule has 0 aliphatic carbocycles. The van der Waals surface area contributed by atoms with Crippen molar-refractivity contribution in [1.82, 2.24) is 4.72 Å². The number of benzene rings is 1. The van der Waals surface area contributed by atoms with E-state index in [1.165, 1.54) is 0 Å². The van der Waals surface area contributed by atoms with Gasteiger partial charge in [0.15, 0.2) is 0 Å². The van der Waals surface area contributed by atoms with Crippen LogP contribution >= 0.6 is 15.9 Å². The maximum atomic E-state index is 12.1. The number of hydrogen-bond acceptors (Lipinski definition) is 3. The fourth-order valence-corrected chi connectivity index (χ4v) is 3.90. The average Bonchev–Trinajstić information content (AvgIpc) is 2.33. The van der Waals surface area contributed by atoms with Crippen LogP contribution in [0.25, 0.3) is 0 Å². The van der Waals surface area contributed by atoms with E-state index >= 15 is 0 Å². The number of sulfonamides is 1. The third-order valence-corrected chi connectivity index (χ3v) is 5.34. The molecule has 5 nitrogen and oxygen atoms in total. The lowest BCUT2D eigenvalue weighted by atomic mass is 10.1. The van der Waals surface area contributed by atoms with Crippen LogP contribution < -0.4 is 4.72 Å². The van der Waals surface area contributed by atoms with Crippen molar-refractivity contribution in [2.24, 2.45) is 5.92 Å². The number of hydrogen-bond donors (Lipinski definition) is 2. The summed E-state index contributed by atoms with van der Waals surface area (Å²) in [5.41, 5.74) is 0.964. The van der Waals surface area contributed by atoms with E-state index < -0.39 is 21.9 Å². The molecule has 1 aromatic rings. The predicted octanol–water partition coefficient (Wildman–Crippen LogP) is 2.54. The van der Waals surface area contributed by atoms with Crippen molar-refractivity contribution in [2.45, 2.75) is 31.6 Å². The quantitative estimate of drug-likeness (QED) is 0.729. The van der Waals surface area contributed by atoms with Gasteiger partial charge in [-0.1, -0.05) is 13.0 Å². The first-order valence-corrected chi connectivity index (χ1v) is 8.50. The lowest BCUT2D eigenvalue weighted by molar-refractivity contribution is -0.141. The maximum Gasteiger partial charge on any atom is 0.306 e. The van der Waals surface area contributed by atoms with Gasteiger partial charge in [-0.2, -0.15) is 0 Å². The third-order valence-electron chi connectivity index (χ3n) is 2.90. The van der Waals surface area contributed by atoms with Gasteiger partial charge in [-0.3, -0.25) is 4.79 Å². The molecule has 0 spiro atoms. The van der Waals surface area contributed by atoms with Gasteiger partial charge < -0.3 is 5.11 Å². The number of aliphatic carboxylic acids is 1. The highest BCUT2D eigenvalue weighted by molar-refractivity contribution is 9.10. The van der Waals surface area contributed by atoms with Crippen LogP contribution in [0, 0.1) is 12.8 Å². The summed E-state index contributed by atoms with van der Waals surface area (Å²) >= 11 is 3.24. The first-order chi connectivity index (χ1) is 9.24. The molecule has 1 unspecified atom stereocenters. The topological polar surface area (TPSA) is 83.5 Å². The van der Waals surface area contributed by atoms with Crippen molar-refractivity contribution in [3.63, 3.8) is 0 Å². The molecule has 0 aliphatic heterocycles. The summed E-state index contributed by atoms with van der Waals surface area (Å²) < 4.78 is 27.2. The van der Waals surface area contributed by atoms with E-state index in [9.17, 15) is 13.2 Å². The number of rotatable bonds is 7. The summed E-state index contributed by atoms with van der Waals surface area (Å²) in [5.74, 6) is -1.33. The zero-order valence-corrected chi connectivity index (χ0v) is 13.8. The van der Waals surface area contributed by atoms with E-state index in [1.807, 2.05) is 6.92 Å². The lowest BCUT2D eigenvalue weighted by Gasteiger charge is -2.10. The summed E-state index contributed by atoms with van der Waals surface area (Å²) in [7, 11) is -3.57. The SMILES string of the molecule is Cc1ccc(S(=O)(=O)NCCCC(C)C(=O)O)c(Br)c1. The van der Waals surface area contributed by atoms with Gasteiger partial charge in [-0.15, -0.1) is 0 Å². The Bertz CT molecular complexity index is 586. The Kier molecular flexibility index (Phi) is 6.16. The first-order valence-electron chi connectivity index (χ1n) is 6.22. The standard InChI is InChI=1S/C13H18BrNO4S/c1-9-5-6-12(11(14)8-9)20(18,19)15-7-3-4-10(2)13(16)17/h5-6,8,10,15H,3-4,7H2,1-2H3,(H,16,17). The summed E-state index contributed by atoms with van der Waals surface area (Å²) in [5, 5.41) is 8.74. The van der Waals surface area contributed by atoms with Crippen LogP contribution in [-0.2, 0) is 14.8 Å². The highest BCUT2D eigenvalue weighted by Crippen LogP contribution is 2.22. The summed E-state index contributed by atoms with van der Waals surface area (Å²) in [6, 6.07) is 5.01. The third kappa shape index (κ3) is 4.88. The largest absolute Gasteiger partial charge is 0.481 e. The zero-order valence-electron chi connectivity index (χ0n) is 11.4. The molecule has 0 bridgehead atoms. The van der Waals surface area contributed by atoms with Gasteiger partial charge in [0.25, 0.3) is 0 Å². The van der Waals surface area contributed by atoms with Gasteiger partial charge in [0, 0.05) is 11.0 Å². The lowest BCUT2D eigenvalue weighted by Crippen LogP contribution is -2.25. The summed E-state index contributed by atoms with van der Waals surface area (Å²) in [4.78, 5) is 10.8. The van der Waals surface area contributed by atoms with Gasteiger partial charge in [0.2, 0.25) is 10.0 Å². The minimum atomic E-state index is -3.57. The molecule has 2 N–H and O–H groups in total. The van der Waals surface area contributed by atoms with Gasteiger partial charge in [0.1, 0.15) is 0 Å². The van der Waals surface area contributed by atoms with Crippen LogP contribution in [0.15, 0.2) is 27.6 Å². The maximum absolute atomic E-state index is 12.1.